The Morgan fingerprint density at radius 2 is 2.00 bits per heavy atom. The lowest BCUT2D eigenvalue weighted by Crippen LogP contribution is -2.01. The average Bonchev–Trinajstić information content (AvgIpc) is 2.03. The molecule has 0 aromatic carbocycles. The highest BCUT2D eigenvalue weighted by atomic mass is 15.4. The number of rotatable bonds is 2. The molecule has 0 radical (unpaired) electrons. The number of nitrogens with zero attached hydrogens (tertiary/aromatic N) is 3. The molecule has 0 spiro atoms. The van der Waals surface area contributed by atoms with E-state index in [1.165, 1.54) is 0 Å². The largest absolute Gasteiger partial charge is 0.303 e. The highest BCUT2D eigenvalue weighted by Crippen LogP contribution is 1.91. The van der Waals surface area contributed by atoms with Crippen LogP contribution in [0, 0.1) is 0 Å². The number of pyridine rings is 1. The van der Waals surface area contributed by atoms with E-state index in [0.29, 0.717) is 0 Å². The molecule has 3 nitrogen and oxygen atoms in total. The number of hydrogen-bond donors (Lipinski definition) is 0. The molecule has 0 saturated heterocycles. The molecule has 0 unspecified atom stereocenters. The molecule has 0 bridgehead atoms. The maximum Gasteiger partial charge on any atom is 0.0543 e. The van der Waals surface area contributed by atoms with Gasteiger partial charge in [-0.05, 0) is 17.7 Å². The zero-order valence-corrected chi connectivity index (χ0v) is 6.73. The lowest BCUT2D eigenvalue weighted by atomic mass is 10.3. The Balaban J connectivity index is 2.65. The van der Waals surface area contributed by atoms with Crippen LogP contribution in [0.4, 0.5) is 0 Å². The van der Waals surface area contributed by atoms with Crippen molar-refractivity contribution in [3.63, 3.8) is 0 Å². The Hall–Kier alpha value is -1.38. The molecule has 1 aromatic rings. The highest BCUT2D eigenvalue weighted by molar-refractivity contribution is 5.78. The van der Waals surface area contributed by atoms with Crippen LogP contribution in [0.25, 0.3) is 0 Å². The van der Waals surface area contributed by atoms with Gasteiger partial charge in [-0.3, -0.25) is 4.98 Å². The van der Waals surface area contributed by atoms with Crippen molar-refractivity contribution < 1.29 is 0 Å². The van der Waals surface area contributed by atoms with E-state index in [1.807, 2.05) is 26.2 Å². The first-order valence-electron chi connectivity index (χ1n) is 3.40. The summed E-state index contributed by atoms with van der Waals surface area (Å²) in [6.07, 6.45) is 5.29. The summed E-state index contributed by atoms with van der Waals surface area (Å²) in [5.41, 5.74) is 1.06. The predicted octanol–water partition coefficient (Wildman–Crippen LogP) is 0.977. The van der Waals surface area contributed by atoms with Crippen molar-refractivity contribution in [1.82, 2.24) is 9.99 Å². The van der Waals surface area contributed by atoms with Crippen LogP contribution in [0.15, 0.2) is 29.6 Å². The SMILES string of the molecule is CN(C)/N=C/c1ccncc1. The van der Waals surface area contributed by atoms with Gasteiger partial charge in [-0.15, -0.1) is 0 Å². The molecule has 0 N–H and O–H groups in total. The summed E-state index contributed by atoms with van der Waals surface area (Å²) in [7, 11) is 3.77. The standard InChI is InChI=1S/C8H11N3/c1-11(2)10-7-8-3-5-9-6-4-8/h3-7H,1-2H3/b10-7+. The van der Waals surface area contributed by atoms with Crippen LogP contribution < -0.4 is 0 Å². The van der Waals surface area contributed by atoms with Gasteiger partial charge in [0, 0.05) is 26.5 Å². The molecule has 0 saturated carbocycles. The molecule has 58 valence electrons. The second-order valence-corrected chi connectivity index (χ2v) is 2.37. The summed E-state index contributed by atoms with van der Waals surface area (Å²) >= 11 is 0. The Kier molecular flexibility index (Phi) is 2.60. The summed E-state index contributed by atoms with van der Waals surface area (Å²) in [5, 5.41) is 5.83. The molecule has 0 atom stereocenters. The van der Waals surface area contributed by atoms with Crippen molar-refractivity contribution in [1.29, 1.82) is 0 Å². The van der Waals surface area contributed by atoms with Gasteiger partial charge in [-0.2, -0.15) is 5.10 Å². The average molecular weight is 149 g/mol. The van der Waals surface area contributed by atoms with Crippen LogP contribution in [-0.4, -0.2) is 30.3 Å². The van der Waals surface area contributed by atoms with Crippen molar-refractivity contribution in [2.75, 3.05) is 14.1 Å². The quantitative estimate of drug-likeness (QED) is 0.463. The van der Waals surface area contributed by atoms with Crippen molar-refractivity contribution >= 4 is 6.21 Å². The van der Waals surface area contributed by atoms with Gasteiger partial charge in [0.2, 0.25) is 0 Å². The Morgan fingerprint density at radius 3 is 2.55 bits per heavy atom. The molecule has 0 aliphatic carbocycles. The molecule has 0 amide bonds. The van der Waals surface area contributed by atoms with Crippen molar-refractivity contribution in [2.24, 2.45) is 5.10 Å². The summed E-state index contributed by atoms with van der Waals surface area (Å²) in [4.78, 5) is 3.90. The number of hydrogen-bond acceptors (Lipinski definition) is 3. The highest BCUT2D eigenvalue weighted by Gasteiger charge is 1.83. The summed E-state index contributed by atoms with van der Waals surface area (Å²) in [6.45, 7) is 0. The Bertz CT molecular complexity index is 228. The fourth-order valence-corrected chi connectivity index (χ4v) is 0.632. The van der Waals surface area contributed by atoms with E-state index in [1.54, 1.807) is 23.6 Å². The van der Waals surface area contributed by atoms with E-state index in [2.05, 4.69) is 10.1 Å². The zero-order valence-electron chi connectivity index (χ0n) is 6.73. The fraction of sp³-hybridized carbons (Fsp3) is 0.250. The van der Waals surface area contributed by atoms with Crippen LogP contribution in [0.3, 0.4) is 0 Å². The van der Waals surface area contributed by atoms with E-state index in [4.69, 9.17) is 0 Å². The normalized spacial score (nSPS) is 10.4. The molecule has 0 fully saturated rings. The van der Waals surface area contributed by atoms with Crippen molar-refractivity contribution in [3.05, 3.63) is 30.1 Å². The first-order chi connectivity index (χ1) is 5.29. The third-order valence-corrected chi connectivity index (χ3v) is 1.14. The predicted molar refractivity (Wildman–Crippen MR) is 45.5 cm³/mol. The van der Waals surface area contributed by atoms with E-state index in [9.17, 15) is 0 Å². The van der Waals surface area contributed by atoms with Gasteiger partial charge in [-0.1, -0.05) is 0 Å². The summed E-state index contributed by atoms with van der Waals surface area (Å²) in [5.74, 6) is 0. The smallest absolute Gasteiger partial charge is 0.0543 e. The Labute approximate surface area is 66.4 Å². The second kappa shape index (κ2) is 3.71. The zero-order chi connectivity index (χ0) is 8.10. The lowest BCUT2D eigenvalue weighted by molar-refractivity contribution is 0.440. The molecule has 0 aliphatic rings. The molecule has 0 aliphatic heterocycles. The lowest BCUT2D eigenvalue weighted by Gasteiger charge is -2.01. The van der Waals surface area contributed by atoms with Crippen LogP contribution in [0.2, 0.25) is 0 Å². The maximum absolute atomic E-state index is 4.08. The minimum atomic E-state index is 1.06. The van der Waals surface area contributed by atoms with Crippen LogP contribution in [0.5, 0.6) is 0 Å². The van der Waals surface area contributed by atoms with Gasteiger partial charge in [0.05, 0.1) is 6.21 Å². The molecule has 3 heteroatoms. The third-order valence-electron chi connectivity index (χ3n) is 1.14. The van der Waals surface area contributed by atoms with Crippen LogP contribution in [0.1, 0.15) is 5.56 Å². The van der Waals surface area contributed by atoms with Crippen LogP contribution in [-0.2, 0) is 0 Å². The monoisotopic (exact) mass is 149 g/mol. The van der Waals surface area contributed by atoms with E-state index in [0.717, 1.165) is 5.56 Å². The first kappa shape index (κ1) is 7.72. The van der Waals surface area contributed by atoms with E-state index < -0.39 is 0 Å². The third kappa shape index (κ3) is 2.80. The molecule has 1 heterocycles. The maximum atomic E-state index is 4.08. The van der Waals surface area contributed by atoms with Gasteiger partial charge in [-0.25, -0.2) is 0 Å². The topological polar surface area (TPSA) is 28.5 Å². The van der Waals surface area contributed by atoms with Gasteiger partial charge < -0.3 is 5.01 Å². The summed E-state index contributed by atoms with van der Waals surface area (Å²) < 4.78 is 0. The van der Waals surface area contributed by atoms with Gasteiger partial charge in [0.25, 0.3) is 0 Å². The number of aromatic nitrogens is 1. The molecular formula is C8H11N3. The molecule has 11 heavy (non-hydrogen) atoms. The molecule has 1 aromatic heterocycles. The number of hydrazone groups is 1. The molecule has 1 rings (SSSR count). The van der Waals surface area contributed by atoms with Crippen molar-refractivity contribution in [2.45, 2.75) is 0 Å². The minimum Gasteiger partial charge on any atom is -0.303 e. The van der Waals surface area contributed by atoms with Gasteiger partial charge >= 0.3 is 0 Å². The second-order valence-electron chi connectivity index (χ2n) is 2.37. The van der Waals surface area contributed by atoms with Gasteiger partial charge in [0.1, 0.15) is 0 Å². The van der Waals surface area contributed by atoms with Crippen molar-refractivity contribution in [3.8, 4) is 0 Å². The summed E-state index contributed by atoms with van der Waals surface area (Å²) in [6, 6.07) is 3.82. The minimum absolute atomic E-state index is 1.06. The van der Waals surface area contributed by atoms with Crippen LogP contribution >= 0.6 is 0 Å². The fourth-order valence-electron chi connectivity index (χ4n) is 0.632. The van der Waals surface area contributed by atoms with E-state index in [-0.39, 0.29) is 0 Å². The first-order valence-corrected chi connectivity index (χ1v) is 3.40. The molecular weight excluding hydrogens is 138 g/mol. The van der Waals surface area contributed by atoms with E-state index >= 15 is 0 Å². The van der Waals surface area contributed by atoms with Gasteiger partial charge in [0.15, 0.2) is 0 Å². The Morgan fingerprint density at radius 1 is 1.36 bits per heavy atom.